The van der Waals surface area contributed by atoms with Crippen molar-refractivity contribution >= 4 is 17.6 Å². The van der Waals surface area contributed by atoms with Crippen molar-refractivity contribution in [2.24, 2.45) is 5.92 Å². The fourth-order valence-corrected chi connectivity index (χ4v) is 2.25. The van der Waals surface area contributed by atoms with Crippen molar-refractivity contribution in [1.29, 1.82) is 0 Å². The number of hydrogen-bond acceptors (Lipinski definition) is 3. The summed E-state index contributed by atoms with van der Waals surface area (Å²) in [7, 11) is 0. The molecular formula is C14H18N2O3. The molecule has 1 atom stereocenters. The Kier molecular flexibility index (Phi) is 4.52. The van der Waals surface area contributed by atoms with Crippen molar-refractivity contribution in [2.75, 3.05) is 18.4 Å². The van der Waals surface area contributed by atoms with Crippen molar-refractivity contribution in [3.05, 3.63) is 29.8 Å². The maximum absolute atomic E-state index is 12.0. The number of carbonyl (C=O) groups is 2. The Balaban J connectivity index is 1.97. The minimum Gasteiger partial charge on any atom is -0.481 e. The average Bonchev–Trinajstić information content (AvgIpc) is 2.39. The number of piperidine rings is 1. The highest BCUT2D eigenvalue weighted by molar-refractivity contribution is 5.92. The van der Waals surface area contributed by atoms with E-state index >= 15 is 0 Å². The van der Waals surface area contributed by atoms with Crippen LogP contribution in [0.3, 0.4) is 0 Å². The van der Waals surface area contributed by atoms with Crippen LogP contribution in [-0.4, -0.2) is 30.1 Å². The van der Waals surface area contributed by atoms with Crippen molar-refractivity contribution in [2.45, 2.75) is 19.3 Å². The largest absolute Gasteiger partial charge is 0.481 e. The van der Waals surface area contributed by atoms with Gasteiger partial charge in [0.05, 0.1) is 12.3 Å². The molecule has 0 aromatic heterocycles. The van der Waals surface area contributed by atoms with Gasteiger partial charge in [0.25, 0.3) is 0 Å². The number of carboxylic acids is 1. The van der Waals surface area contributed by atoms with Crippen molar-refractivity contribution < 1.29 is 14.7 Å². The Morgan fingerprint density at radius 1 is 1.42 bits per heavy atom. The van der Waals surface area contributed by atoms with Crippen LogP contribution in [-0.2, 0) is 16.0 Å². The summed E-state index contributed by atoms with van der Waals surface area (Å²) >= 11 is 0. The van der Waals surface area contributed by atoms with E-state index in [1.807, 2.05) is 0 Å². The van der Waals surface area contributed by atoms with E-state index in [0.717, 1.165) is 19.4 Å². The van der Waals surface area contributed by atoms with Crippen LogP contribution in [0, 0.1) is 5.92 Å². The van der Waals surface area contributed by atoms with Crippen molar-refractivity contribution in [3.8, 4) is 0 Å². The van der Waals surface area contributed by atoms with Crippen LogP contribution in [0.5, 0.6) is 0 Å². The predicted octanol–water partition coefficient (Wildman–Crippen LogP) is 1.25. The van der Waals surface area contributed by atoms with Crippen LogP contribution in [0.15, 0.2) is 24.3 Å². The Morgan fingerprint density at radius 2 is 2.26 bits per heavy atom. The monoisotopic (exact) mass is 262 g/mol. The minimum absolute atomic E-state index is 0.000301. The molecular weight excluding hydrogens is 244 g/mol. The zero-order chi connectivity index (χ0) is 13.7. The van der Waals surface area contributed by atoms with Crippen molar-refractivity contribution in [1.82, 2.24) is 5.32 Å². The Hall–Kier alpha value is -1.88. The molecule has 1 saturated heterocycles. The van der Waals surface area contributed by atoms with Crippen LogP contribution in [0.25, 0.3) is 0 Å². The quantitative estimate of drug-likeness (QED) is 0.763. The molecule has 5 nitrogen and oxygen atoms in total. The zero-order valence-electron chi connectivity index (χ0n) is 10.7. The molecule has 1 amide bonds. The lowest BCUT2D eigenvalue weighted by molar-refractivity contribution is -0.136. The smallest absolute Gasteiger partial charge is 0.307 e. The highest BCUT2D eigenvalue weighted by atomic mass is 16.4. The second-order valence-electron chi connectivity index (χ2n) is 4.80. The maximum Gasteiger partial charge on any atom is 0.307 e. The van der Waals surface area contributed by atoms with Gasteiger partial charge in [-0.25, -0.2) is 0 Å². The first-order chi connectivity index (χ1) is 9.15. The number of carbonyl (C=O) groups excluding carboxylic acids is 1. The topological polar surface area (TPSA) is 78.4 Å². The fraction of sp³-hybridized carbons (Fsp3) is 0.429. The SMILES string of the molecule is O=C(O)Cc1cccc(NC(=O)C2CCCNC2)c1. The normalized spacial score (nSPS) is 18.8. The number of anilines is 1. The third-order valence-electron chi connectivity index (χ3n) is 3.22. The lowest BCUT2D eigenvalue weighted by Crippen LogP contribution is -2.37. The molecule has 0 bridgehead atoms. The summed E-state index contributed by atoms with van der Waals surface area (Å²) in [5.74, 6) is -0.878. The molecule has 1 fully saturated rings. The predicted molar refractivity (Wildman–Crippen MR) is 72.0 cm³/mol. The summed E-state index contributed by atoms with van der Waals surface area (Å²) in [6.45, 7) is 1.68. The van der Waals surface area contributed by atoms with E-state index in [2.05, 4.69) is 10.6 Å². The van der Waals surface area contributed by atoms with Crippen LogP contribution >= 0.6 is 0 Å². The lowest BCUT2D eigenvalue weighted by atomic mass is 9.98. The van der Waals surface area contributed by atoms with E-state index in [0.29, 0.717) is 17.8 Å². The zero-order valence-corrected chi connectivity index (χ0v) is 10.7. The van der Waals surface area contributed by atoms with Crippen molar-refractivity contribution in [3.63, 3.8) is 0 Å². The van der Waals surface area contributed by atoms with E-state index in [1.54, 1.807) is 24.3 Å². The molecule has 0 spiro atoms. The second-order valence-corrected chi connectivity index (χ2v) is 4.80. The number of nitrogens with one attached hydrogen (secondary N) is 2. The van der Waals surface area contributed by atoms with Gasteiger partial charge in [-0.2, -0.15) is 0 Å². The van der Waals surface area contributed by atoms with Crippen LogP contribution < -0.4 is 10.6 Å². The molecule has 5 heteroatoms. The second kappa shape index (κ2) is 6.33. The fourth-order valence-electron chi connectivity index (χ4n) is 2.25. The van der Waals surface area contributed by atoms with E-state index in [9.17, 15) is 9.59 Å². The Bertz CT molecular complexity index is 468. The van der Waals surface area contributed by atoms with Gasteiger partial charge in [0, 0.05) is 12.2 Å². The molecule has 1 aliphatic heterocycles. The number of hydrogen-bond donors (Lipinski definition) is 3. The van der Waals surface area contributed by atoms with Gasteiger partial charge >= 0.3 is 5.97 Å². The molecule has 19 heavy (non-hydrogen) atoms. The van der Waals surface area contributed by atoms with Gasteiger partial charge in [-0.15, -0.1) is 0 Å². The third kappa shape index (κ3) is 4.06. The first-order valence-electron chi connectivity index (χ1n) is 6.47. The first kappa shape index (κ1) is 13.5. The minimum atomic E-state index is -0.875. The van der Waals surface area contributed by atoms with Crippen LogP contribution in [0.1, 0.15) is 18.4 Å². The van der Waals surface area contributed by atoms with Gasteiger partial charge in [0.2, 0.25) is 5.91 Å². The molecule has 0 radical (unpaired) electrons. The highest BCUT2D eigenvalue weighted by Gasteiger charge is 2.20. The molecule has 0 saturated carbocycles. The number of amides is 1. The number of rotatable bonds is 4. The summed E-state index contributed by atoms with van der Waals surface area (Å²) < 4.78 is 0. The summed E-state index contributed by atoms with van der Waals surface area (Å²) in [5, 5.41) is 14.8. The van der Waals surface area contributed by atoms with Gasteiger partial charge in [0.15, 0.2) is 0 Å². The molecule has 1 aromatic rings. The summed E-state index contributed by atoms with van der Waals surface area (Å²) in [5.41, 5.74) is 1.35. The van der Waals surface area contributed by atoms with Crippen LogP contribution in [0.2, 0.25) is 0 Å². The summed E-state index contributed by atoms with van der Waals surface area (Å²) in [6.07, 6.45) is 1.87. The number of benzene rings is 1. The van der Waals surface area contributed by atoms with E-state index < -0.39 is 5.97 Å². The van der Waals surface area contributed by atoms with Gasteiger partial charge in [-0.3, -0.25) is 9.59 Å². The molecule has 1 heterocycles. The lowest BCUT2D eigenvalue weighted by Gasteiger charge is -2.22. The standard InChI is InChI=1S/C14H18N2O3/c17-13(18)8-10-3-1-5-12(7-10)16-14(19)11-4-2-6-15-9-11/h1,3,5,7,11,15H,2,4,6,8-9H2,(H,16,19)(H,17,18). The molecule has 3 N–H and O–H groups in total. The van der Waals surface area contributed by atoms with Crippen LogP contribution in [0.4, 0.5) is 5.69 Å². The Labute approximate surface area is 112 Å². The molecule has 1 aromatic carbocycles. The first-order valence-corrected chi connectivity index (χ1v) is 6.47. The van der Waals surface area contributed by atoms with Gasteiger partial charge in [-0.1, -0.05) is 12.1 Å². The average molecular weight is 262 g/mol. The highest BCUT2D eigenvalue weighted by Crippen LogP contribution is 2.15. The third-order valence-corrected chi connectivity index (χ3v) is 3.22. The molecule has 102 valence electrons. The molecule has 2 rings (SSSR count). The maximum atomic E-state index is 12.0. The molecule has 1 unspecified atom stereocenters. The summed E-state index contributed by atoms with van der Waals surface area (Å²) in [4.78, 5) is 22.7. The molecule has 0 aliphatic carbocycles. The number of carboxylic acid groups (broad SMARTS) is 1. The van der Waals surface area contributed by atoms with E-state index in [-0.39, 0.29) is 18.2 Å². The molecule has 1 aliphatic rings. The Morgan fingerprint density at radius 3 is 2.95 bits per heavy atom. The summed E-state index contributed by atoms with van der Waals surface area (Å²) in [6, 6.07) is 6.99. The number of aliphatic carboxylic acids is 1. The van der Waals surface area contributed by atoms with E-state index in [4.69, 9.17) is 5.11 Å². The van der Waals surface area contributed by atoms with Gasteiger partial charge in [-0.05, 0) is 37.1 Å². The van der Waals surface area contributed by atoms with Gasteiger partial charge < -0.3 is 15.7 Å². The van der Waals surface area contributed by atoms with E-state index in [1.165, 1.54) is 0 Å². The van der Waals surface area contributed by atoms with Gasteiger partial charge in [0.1, 0.15) is 0 Å².